The van der Waals surface area contributed by atoms with Crippen LogP contribution < -0.4 is 0 Å². The molecule has 28 heavy (non-hydrogen) atoms. The van der Waals surface area contributed by atoms with Gasteiger partial charge in [-0.05, 0) is 6.42 Å². The van der Waals surface area contributed by atoms with Crippen molar-refractivity contribution >= 4 is 11.8 Å². The SMILES string of the molecule is CCCCC[C@H](O)/C=C/[C@H]1[C@H](O)CC(=O)[C@@H]1CC(=O)OCCN1CCOCC1. The normalized spacial score (nSPS) is 27.4. The second-order valence-corrected chi connectivity index (χ2v) is 7.75. The number of rotatable bonds is 11. The molecule has 0 amide bonds. The molecule has 0 spiro atoms. The minimum absolute atomic E-state index is 0.0278. The van der Waals surface area contributed by atoms with Gasteiger partial charge < -0.3 is 19.7 Å². The van der Waals surface area contributed by atoms with E-state index in [-0.39, 0.29) is 18.6 Å². The largest absolute Gasteiger partial charge is 0.464 e. The van der Waals surface area contributed by atoms with E-state index in [0.717, 1.165) is 32.4 Å². The van der Waals surface area contributed by atoms with Gasteiger partial charge in [-0.2, -0.15) is 0 Å². The highest BCUT2D eigenvalue weighted by molar-refractivity contribution is 5.88. The number of aliphatic hydroxyl groups excluding tert-OH is 2. The minimum Gasteiger partial charge on any atom is -0.464 e. The zero-order valence-electron chi connectivity index (χ0n) is 16.9. The van der Waals surface area contributed by atoms with Crippen molar-refractivity contribution in [3.05, 3.63) is 12.2 Å². The van der Waals surface area contributed by atoms with E-state index in [4.69, 9.17) is 9.47 Å². The number of Topliss-reactive ketones (excluding diaryl/α,β-unsaturated/α-hetero) is 1. The summed E-state index contributed by atoms with van der Waals surface area (Å²) in [4.78, 5) is 26.6. The van der Waals surface area contributed by atoms with E-state index >= 15 is 0 Å². The first-order valence-electron chi connectivity index (χ1n) is 10.5. The van der Waals surface area contributed by atoms with E-state index in [1.807, 2.05) is 0 Å². The lowest BCUT2D eigenvalue weighted by Gasteiger charge is -2.26. The topological polar surface area (TPSA) is 96.3 Å². The summed E-state index contributed by atoms with van der Waals surface area (Å²) < 4.78 is 10.6. The zero-order chi connectivity index (χ0) is 20.4. The van der Waals surface area contributed by atoms with Crippen LogP contribution in [0.2, 0.25) is 0 Å². The van der Waals surface area contributed by atoms with Crippen LogP contribution in [0.5, 0.6) is 0 Å². The molecular weight excluding hydrogens is 362 g/mol. The molecule has 0 unspecified atom stereocenters. The molecule has 0 aromatic carbocycles. The number of carbonyl (C=O) groups excluding carboxylic acids is 2. The summed E-state index contributed by atoms with van der Waals surface area (Å²) in [5.41, 5.74) is 0. The van der Waals surface area contributed by atoms with Crippen molar-refractivity contribution in [3.63, 3.8) is 0 Å². The fourth-order valence-corrected chi connectivity index (χ4v) is 3.80. The Morgan fingerprint density at radius 3 is 2.82 bits per heavy atom. The van der Waals surface area contributed by atoms with Crippen molar-refractivity contribution in [2.24, 2.45) is 11.8 Å². The molecule has 4 atom stereocenters. The Morgan fingerprint density at radius 1 is 1.36 bits per heavy atom. The van der Waals surface area contributed by atoms with Gasteiger partial charge in [0.05, 0.1) is 31.8 Å². The summed E-state index contributed by atoms with van der Waals surface area (Å²) in [7, 11) is 0. The average Bonchev–Trinajstić information content (AvgIpc) is 2.94. The monoisotopic (exact) mass is 397 g/mol. The lowest BCUT2D eigenvalue weighted by Crippen LogP contribution is -2.38. The second kappa shape index (κ2) is 12.3. The standard InChI is InChI=1S/C21H35NO6/c1-2-3-4-5-16(23)6-7-17-18(20(25)15-19(17)24)14-21(26)28-13-10-22-8-11-27-12-9-22/h6-7,16-19,23-24H,2-5,8-15H2,1H3/b7-6+/t16-,17+,18+,19+/m0/s1. The molecule has 2 rings (SSSR count). The zero-order valence-corrected chi connectivity index (χ0v) is 16.9. The Morgan fingerprint density at radius 2 is 2.11 bits per heavy atom. The Hall–Kier alpha value is -1.28. The molecule has 2 fully saturated rings. The summed E-state index contributed by atoms with van der Waals surface area (Å²) in [6, 6.07) is 0. The molecule has 0 bridgehead atoms. The molecule has 0 aromatic heterocycles. The summed E-state index contributed by atoms with van der Waals surface area (Å²) >= 11 is 0. The molecule has 1 heterocycles. The van der Waals surface area contributed by atoms with E-state index in [2.05, 4.69) is 11.8 Å². The number of morpholine rings is 1. The molecule has 7 heteroatoms. The smallest absolute Gasteiger partial charge is 0.306 e. The summed E-state index contributed by atoms with van der Waals surface area (Å²) in [6.45, 7) is 6.11. The van der Waals surface area contributed by atoms with Gasteiger partial charge in [-0.25, -0.2) is 0 Å². The van der Waals surface area contributed by atoms with Crippen molar-refractivity contribution in [2.45, 2.75) is 57.7 Å². The molecule has 0 aromatic rings. The Kier molecular flexibility index (Phi) is 10.1. The highest BCUT2D eigenvalue weighted by Gasteiger charge is 2.41. The van der Waals surface area contributed by atoms with Crippen LogP contribution in [0, 0.1) is 11.8 Å². The van der Waals surface area contributed by atoms with Crippen LogP contribution >= 0.6 is 0 Å². The highest BCUT2D eigenvalue weighted by Crippen LogP contribution is 2.33. The predicted molar refractivity (Wildman–Crippen MR) is 105 cm³/mol. The van der Waals surface area contributed by atoms with Crippen molar-refractivity contribution in [1.82, 2.24) is 4.90 Å². The molecular formula is C21H35NO6. The average molecular weight is 398 g/mol. The van der Waals surface area contributed by atoms with Gasteiger partial charge in [0.2, 0.25) is 0 Å². The van der Waals surface area contributed by atoms with Gasteiger partial charge in [-0.3, -0.25) is 14.5 Å². The third-order valence-electron chi connectivity index (χ3n) is 5.55. The number of aliphatic hydroxyl groups is 2. The molecule has 0 radical (unpaired) electrons. The van der Waals surface area contributed by atoms with E-state index < -0.39 is 30.0 Å². The Balaban J connectivity index is 1.78. The molecule has 1 aliphatic carbocycles. The minimum atomic E-state index is -0.808. The third kappa shape index (κ3) is 7.62. The quantitative estimate of drug-likeness (QED) is 0.308. The van der Waals surface area contributed by atoms with Crippen LogP contribution in [0.15, 0.2) is 12.2 Å². The maximum atomic E-state index is 12.2. The number of ketones is 1. The van der Waals surface area contributed by atoms with Crippen LogP contribution in [0.4, 0.5) is 0 Å². The van der Waals surface area contributed by atoms with E-state index in [9.17, 15) is 19.8 Å². The van der Waals surface area contributed by atoms with Crippen molar-refractivity contribution in [2.75, 3.05) is 39.5 Å². The van der Waals surface area contributed by atoms with Gasteiger partial charge in [-0.15, -0.1) is 0 Å². The first-order valence-corrected chi connectivity index (χ1v) is 10.5. The molecule has 1 saturated heterocycles. The van der Waals surface area contributed by atoms with Gasteiger partial charge in [0.25, 0.3) is 0 Å². The maximum Gasteiger partial charge on any atom is 0.306 e. The number of hydrogen-bond donors (Lipinski definition) is 2. The van der Waals surface area contributed by atoms with Crippen molar-refractivity contribution in [3.8, 4) is 0 Å². The lowest BCUT2D eigenvalue weighted by atomic mass is 9.90. The van der Waals surface area contributed by atoms with Crippen LogP contribution in [0.3, 0.4) is 0 Å². The second-order valence-electron chi connectivity index (χ2n) is 7.75. The van der Waals surface area contributed by atoms with Crippen LogP contribution in [0.25, 0.3) is 0 Å². The number of carbonyl (C=O) groups is 2. The fraction of sp³-hybridized carbons (Fsp3) is 0.810. The van der Waals surface area contributed by atoms with E-state index in [1.165, 1.54) is 0 Å². The number of nitrogens with zero attached hydrogens (tertiary/aromatic N) is 1. The van der Waals surface area contributed by atoms with Crippen LogP contribution in [-0.2, 0) is 19.1 Å². The summed E-state index contributed by atoms with van der Waals surface area (Å²) in [5.74, 6) is -1.56. The van der Waals surface area contributed by atoms with Crippen molar-refractivity contribution in [1.29, 1.82) is 0 Å². The molecule has 1 aliphatic heterocycles. The first kappa shape index (κ1) is 23.0. The Labute approximate surface area is 167 Å². The van der Waals surface area contributed by atoms with Crippen LogP contribution in [0.1, 0.15) is 45.4 Å². The molecule has 2 aliphatic rings. The number of ether oxygens (including phenoxy) is 2. The molecule has 160 valence electrons. The van der Waals surface area contributed by atoms with E-state index in [0.29, 0.717) is 32.8 Å². The molecule has 2 N–H and O–H groups in total. The fourth-order valence-electron chi connectivity index (χ4n) is 3.80. The number of hydrogen-bond acceptors (Lipinski definition) is 7. The van der Waals surface area contributed by atoms with Gasteiger partial charge in [0.1, 0.15) is 12.4 Å². The van der Waals surface area contributed by atoms with Gasteiger partial charge in [-0.1, -0.05) is 38.3 Å². The van der Waals surface area contributed by atoms with Gasteiger partial charge in [0, 0.05) is 37.9 Å². The summed E-state index contributed by atoms with van der Waals surface area (Å²) in [6.07, 6.45) is 5.73. The highest BCUT2D eigenvalue weighted by atomic mass is 16.5. The maximum absolute atomic E-state index is 12.2. The lowest BCUT2D eigenvalue weighted by molar-refractivity contribution is -0.147. The first-order chi connectivity index (χ1) is 13.5. The third-order valence-corrected chi connectivity index (χ3v) is 5.55. The van der Waals surface area contributed by atoms with Crippen LogP contribution in [-0.4, -0.2) is 78.5 Å². The number of esters is 1. The predicted octanol–water partition coefficient (Wildman–Crippen LogP) is 1.32. The molecule has 7 nitrogen and oxygen atoms in total. The summed E-state index contributed by atoms with van der Waals surface area (Å²) in [5, 5.41) is 20.2. The number of unbranched alkanes of at least 4 members (excludes halogenated alkanes) is 2. The van der Waals surface area contributed by atoms with Gasteiger partial charge in [0.15, 0.2) is 0 Å². The molecule has 1 saturated carbocycles. The van der Waals surface area contributed by atoms with Gasteiger partial charge >= 0.3 is 5.97 Å². The van der Waals surface area contributed by atoms with Crippen molar-refractivity contribution < 1.29 is 29.3 Å². The Bertz CT molecular complexity index is 517. The van der Waals surface area contributed by atoms with E-state index in [1.54, 1.807) is 12.2 Å².